The first-order chi connectivity index (χ1) is 14.1. The van der Waals surface area contributed by atoms with Crippen LogP contribution in [0.5, 0.6) is 23.0 Å². The molecule has 0 aliphatic carbocycles. The van der Waals surface area contributed by atoms with E-state index in [2.05, 4.69) is 10.2 Å². The monoisotopic (exact) mass is 394 g/mol. The van der Waals surface area contributed by atoms with Crippen molar-refractivity contribution in [3.05, 3.63) is 59.8 Å². The average Bonchev–Trinajstić information content (AvgIpc) is 3.25. The third-order valence-corrected chi connectivity index (χ3v) is 4.35. The number of methoxy groups -OCH3 is 4. The Morgan fingerprint density at radius 2 is 1.55 bits per heavy atom. The van der Waals surface area contributed by atoms with Gasteiger partial charge in [-0.3, -0.25) is 9.89 Å². The number of H-pyrrole nitrogens is 1. The molecule has 3 aromatic rings. The molecular weight excluding hydrogens is 372 g/mol. The lowest BCUT2D eigenvalue weighted by Gasteiger charge is -2.13. The highest BCUT2D eigenvalue weighted by Crippen LogP contribution is 2.38. The van der Waals surface area contributed by atoms with Crippen molar-refractivity contribution in [1.82, 2.24) is 10.2 Å². The Labute approximate surface area is 168 Å². The van der Waals surface area contributed by atoms with E-state index in [-0.39, 0.29) is 5.78 Å². The van der Waals surface area contributed by atoms with E-state index in [1.54, 1.807) is 25.3 Å². The van der Waals surface area contributed by atoms with Gasteiger partial charge >= 0.3 is 0 Å². The topological polar surface area (TPSA) is 82.7 Å². The number of nitrogens with one attached hydrogen (secondary N) is 1. The number of allylic oxidation sites excluding steroid dienone is 1. The van der Waals surface area contributed by atoms with Crippen LogP contribution in [0.3, 0.4) is 0 Å². The van der Waals surface area contributed by atoms with Crippen molar-refractivity contribution < 1.29 is 23.7 Å². The minimum atomic E-state index is -0.204. The first kappa shape index (κ1) is 20.0. The quantitative estimate of drug-likeness (QED) is 0.459. The van der Waals surface area contributed by atoms with Gasteiger partial charge in [0.2, 0.25) is 5.75 Å². The third kappa shape index (κ3) is 4.40. The molecule has 1 heterocycles. The molecule has 0 amide bonds. The Morgan fingerprint density at radius 1 is 0.897 bits per heavy atom. The molecule has 0 fully saturated rings. The molecule has 0 radical (unpaired) electrons. The summed E-state index contributed by atoms with van der Waals surface area (Å²) in [7, 11) is 6.15. The van der Waals surface area contributed by atoms with Crippen LogP contribution in [0.25, 0.3) is 17.3 Å². The lowest BCUT2D eigenvalue weighted by molar-refractivity contribution is 0.104. The molecule has 150 valence electrons. The third-order valence-electron chi connectivity index (χ3n) is 4.35. The molecule has 0 saturated carbocycles. The summed E-state index contributed by atoms with van der Waals surface area (Å²) in [5.41, 5.74) is 2.84. The van der Waals surface area contributed by atoms with Crippen LogP contribution in [0.4, 0.5) is 0 Å². The molecule has 0 bridgehead atoms. The predicted octanol–water partition coefficient (Wildman–Crippen LogP) is 4.01. The van der Waals surface area contributed by atoms with E-state index in [9.17, 15) is 4.79 Å². The number of ketones is 1. The SMILES string of the molecule is COc1ccc(-c2cc(C=CC(=O)c3cc(OC)c(OC)c(OC)c3)[nH]n2)cc1. The molecule has 7 nitrogen and oxygen atoms in total. The zero-order valence-corrected chi connectivity index (χ0v) is 16.7. The Morgan fingerprint density at radius 3 is 2.10 bits per heavy atom. The van der Waals surface area contributed by atoms with Crippen molar-refractivity contribution >= 4 is 11.9 Å². The number of carbonyl (C=O) groups excluding carboxylic acids is 1. The van der Waals surface area contributed by atoms with Gasteiger partial charge in [-0.05, 0) is 54.6 Å². The first-order valence-corrected chi connectivity index (χ1v) is 8.81. The summed E-state index contributed by atoms with van der Waals surface area (Å²) in [4.78, 5) is 12.6. The van der Waals surface area contributed by atoms with Crippen molar-refractivity contribution in [2.75, 3.05) is 28.4 Å². The van der Waals surface area contributed by atoms with Crippen LogP contribution in [-0.2, 0) is 0 Å². The van der Waals surface area contributed by atoms with Crippen molar-refractivity contribution in [3.63, 3.8) is 0 Å². The standard InChI is InChI=1S/C22H22N2O5/c1-26-17-8-5-14(6-9-17)18-13-16(23-24-18)7-10-19(25)15-11-20(27-2)22(29-4)21(12-15)28-3/h5-13H,1-4H3,(H,23,24). The number of hydrogen-bond acceptors (Lipinski definition) is 6. The van der Waals surface area contributed by atoms with Crippen LogP contribution < -0.4 is 18.9 Å². The van der Waals surface area contributed by atoms with Gasteiger partial charge in [0.05, 0.1) is 39.8 Å². The van der Waals surface area contributed by atoms with E-state index in [0.717, 1.165) is 17.0 Å². The fraction of sp³-hybridized carbons (Fsp3) is 0.182. The summed E-state index contributed by atoms with van der Waals surface area (Å²) in [6.07, 6.45) is 3.14. The van der Waals surface area contributed by atoms with Crippen molar-refractivity contribution in [2.24, 2.45) is 0 Å². The highest BCUT2D eigenvalue weighted by molar-refractivity contribution is 6.07. The number of aromatic nitrogens is 2. The molecule has 0 unspecified atom stereocenters. The van der Waals surface area contributed by atoms with E-state index in [1.165, 1.54) is 27.4 Å². The second-order valence-electron chi connectivity index (χ2n) is 6.05. The minimum Gasteiger partial charge on any atom is -0.497 e. The van der Waals surface area contributed by atoms with Crippen LogP contribution >= 0.6 is 0 Å². The summed E-state index contributed by atoms with van der Waals surface area (Å²) >= 11 is 0. The van der Waals surface area contributed by atoms with E-state index >= 15 is 0 Å². The summed E-state index contributed by atoms with van der Waals surface area (Å²) < 4.78 is 21.0. The van der Waals surface area contributed by atoms with Crippen LogP contribution in [0.2, 0.25) is 0 Å². The average molecular weight is 394 g/mol. The second-order valence-corrected chi connectivity index (χ2v) is 6.05. The largest absolute Gasteiger partial charge is 0.497 e. The van der Waals surface area contributed by atoms with Crippen molar-refractivity contribution in [2.45, 2.75) is 0 Å². The van der Waals surface area contributed by atoms with Crippen LogP contribution in [0, 0.1) is 0 Å². The van der Waals surface area contributed by atoms with Gasteiger partial charge in [-0.15, -0.1) is 0 Å². The number of hydrogen-bond donors (Lipinski definition) is 1. The van der Waals surface area contributed by atoms with Crippen LogP contribution in [0.1, 0.15) is 16.1 Å². The zero-order valence-electron chi connectivity index (χ0n) is 16.7. The molecule has 29 heavy (non-hydrogen) atoms. The number of nitrogens with zero attached hydrogens (tertiary/aromatic N) is 1. The van der Waals surface area contributed by atoms with Gasteiger partial charge in [0.25, 0.3) is 0 Å². The smallest absolute Gasteiger partial charge is 0.203 e. The highest BCUT2D eigenvalue weighted by atomic mass is 16.5. The molecule has 7 heteroatoms. The Kier molecular flexibility index (Phi) is 6.19. The summed E-state index contributed by atoms with van der Waals surface area (Å²) in [6, 6.07) is 12.7. The van der Waals surface area contributed by atoms with E-state index < -0.39 is 0 Å². The Balaban J connectivity index is 1.80. The van der Waals surface area contributed by atoms with Gasteiger partial charge in [-0.2, -0.15) is 5.10 Å². The van der Waals surface area contributed by atoms with E-state index in [0.29, 0.717) is 28.5 Å². The molecule has 0 saturated heterocycles. The minimum absolute atomic E-state index is 0.204. The molecule has 0 atom stereocenters. The van der Waals surface area contributed by atoms with Gasteiger partial charge in [-0.25, -0.2) is 0 Å². The number of rotatable bonds is 8. The summed E-state index contributed by atoms with van der Waals surface area (Å²) in [6.45, 7) is 0. The van der Waals surface area contributed by atoms with Gasteiger partial charge in [0.1, 0.15) is 5.75 Å². The number of ether oxygens (including phenoxy) is 4. The van der Waals surface area contributed by atoms with E-state index in [1.807, 2.05) is 30.3 Å². The number of carbonyl (C=O) groups is 1. The molecular formula is C22H22N2O5. The lowest BCUT2D eigenvalue weighted by Crippen LogP contribution is -2.00. The summed E-state index contributed by atoms with van der Waals surface area (Å²) in [5.74, 6) is 1.86. The number of aromatic amines is 1. The Bertz CT molecular complexity index is 997. The zero-order chi connectivity index (χ0) is 20.8. The molecule has 0 aliphatic heterocycles. The van der Waals surface area contributed by atoms with Crippen molar-refractivity contribution in [1.29, 1.82) is 0 Å². The van der Waals surface area contributed by atoms with Gasteiger partial charge in [0, 0.05) is 11.1 Å². The van der Waals surface area contributed by atoms with Gasteiger partial charge < -0.3 is 18.9 Å². The molecule has 2 aromatic carbocycles. The molecule has 0 spiro atoms. The Hall–Kier alpha value is -3.74. The predicted molar refractivity (Wildman–Crippen MR) is 110 cm³/mol. The molecule has 1 N–H and O–H groups in total. The number of benzene rings is 2. The highest BCUT2D eigenvalue weighted by Gasteiger charge is 2.15. The van der Waals surface area contributed by atoms with Gasteiger partial charge in [-0.1, -0.05) is 0 Å². The summed E-state index contributed by atoms with van der Waals surface area (Å²) in [5, 5.41) is 7.20. The van der Waals surface area contributed by atoms with Crippen molar-refractivity contribution in [3.8, 4) is 34.3 Å². The van der Waals surface area contributed by atoms with E-state index in [4.69, 9.17) is 18.9 Å². The molecule has 1 aromatic heterocycles. The molecule has 0 aliphatic rings. The van der Waals surface area contributed by atoms with Crippen LogP contribution in [-0.4, -0.2) is 44.4 Å². The van der Waals surface area contributed by atoms with Crippen LogP contribution in [0.15, 0.2) is 48.5 Å². The maximum Gasteiger partial charge on any atom is 0.203 e. The molecule has 3 rings (SSSR count). The lowest BCUT2D eigenvalue weighted by atomic mass is 10.1. The fourth-order valence-electron chi connectivity index (χ4n) is 2.82. The maximum absolute atomic E-state index is 12.6. The second kappa shape index (κ2) is 8.97. The normalized spacial score (nSPS) is 10.8. The first-order valence-electron chi connectivity index (χ1n) is 8.81. The fourth-order valence-corrected chi connectivity index (χ4v) is 2.82. The van der Waals surface area contributed by atoms with Gasteiger partial charge in [0.15, 0.2) is 17.3 Å². The maximum atomic E-state index is 12.6.